The highest BCUT2D eigenvalue weighted by atomic mass is 19.4. The van der Waals surface area contributed by atoms with E-state index in [4.69, 9.17) is 0 Å². The van der Waals surface area contributed by atoms with Crippen LogP contribution < -0.4 is 10.6 Å². The van der Waals surface area contributed by atoms with Crippen molar-refractivity contribution in [2.45, 2.75) is 63.0 Å². The normalized spacial score (nSPS) is 23.2. The molecule has 1 saturated carbocycles. The number of aromatic nitrogens is 2. The third-order valence-corrected chi connectivity index (χ3v) is 5.28. The highest BCUT2D eigenvalue weighted by Crippen LogP contribution is 2.41. The molecule has 0 amide bonds. The standard InChI is InChI=1S/C18H27F6N5O/c1-3-25-15(28-13-6-4-12(5-7-13)17(19,20)21)27-9-8-16(30,18(22,23)24)14-26-10-11-29(14)2/h10-13,30H,3-9H2,1-2H3,(H2,25,27,28). The lowest BCUT2D eigenvalue weighted by atomic mass is 9.85. The first kappa shape index (κ1) is 24.3. The van der Waals surface area contributed by atoms with E-state index in [1.165, 1.54) is 13.2 Å². The summed E-state index contributed by atoms with van der Waals surface area (Å²) in [6.45, 7) is 1.82. The van der Waals surface area contributed by atoms with E-state index in [1.807, 2.05) is 0 Å². The van der Waals surface area contributed by atoms with Crippen molar-refractivity contribution in [2.75, 3.05) is 13.1 Å². The lowest BCUT2D eigenvalue weighted by molar-refractivity contribution is -0.272. The van der Waals surface area contributed by atoms with Crippen molar-refractivity contribution < 1.29 is 31.4 Å². The maximum atomic E-state index is 13.6. The van der Waals surface area contributed by atoms with Crippen molar-refractivity contribution >= 4 is 5.96 Å². The second kappa shape index (κ2) is 9.44. The SMILES string of the molecule is CCNC(=NCCC(O)(c1nccn1C)C(F)(F)F)NC1CCC(C(F)(F)F)CC1. The number of rotatable bonds is 6. The lowest BCUT2D eigenvalue weighted by Gasteiger charge is -2.31. The Morgan fingerprint density at radius 1 is 1.20 bits per heavy atom. The fourth-order valence-electron chi connectivity index (χ4n) is 3.55. The maximum absolute atomic E-state index is 13.6. The van der Waals surface area contributed by atoms with Crippen LogP contribution in [0, 0.1) is 5.92 Å². The molecule has 1 aromatic rings. The number of nitrogens with one attached hydrogen (secondary N) is 2. The number of imidazole rings is 1. The Bertz CT molecular complexity index is 709. The van der Waals surface area contributed by atoms with Gasteiger partial charge in [-0.2, -0.15) is 26.3 Å². The molecule has 1 aliphatic carbocycles. The monoisotopic (exact) mass is 443 g/mol. The summed E-state index contributed by atoms with van der Waals surface area (Å²) in [7, 11) is 1.35. The molecule has 30 heavy (non-hydrogen) atoms. The zero-order chi connectivity index (χ0) is 22.6. The number of halogens is 6. The number of nitrogens with zero attached hydrogens (tertiary/aromatic N) is 3. The number of aliphatic hydroxyl groups is 1. The minimum absolute atomic E-state index is 0.00639. The van der Waals surface area contributed by atoms with E-state index in [0.29, 0.717) is 6.54 Å². The van der Waals surface area contributed by atoms with Crippen molar-refractivity contribution in [3.05, 3.63) is 18.2 Å². The van der Waals surface area contributed by atoms with E-state index < -0.39 is 36.1 Å². The predicted molar refractivity (Wildman–Crippen MR) is 98.7 cm³/mol. The Morgan fingerprint density at radius 3 is 2.30 bits per heavy atom. The van der Waals surface area contributed by atoms with E-state index in [2.05, 4.69) is 20.6 Å². The molecule has 1 atom stereocenters. The van der Waals surface area contributed by atoms with Crippen molar-refractivity contribution in [3.63, 3.8) is 0 Å². The highest BCUT2D eigenvalue weighted by molar-refractivity contribution is 5.80. The topological polar surface area (TPSA) is 74.5 Å². The van der Waals surface area contributed by atoms with Gasteiger partial charge in [0.25, 0.3) is 0 Å². The number of aryl methyl sites for hydroxylation is 1. The molecule has 0 aromatic carbocycles. The molecule has 0 spiro atoms. The first-order valence-electron chi connectivity index (χ1n) is 9.77. The van der Waals surface area contributed by atoms with Crippen molar-refractivity contribution in [1.82, 2.24) is 20.2 Å². The van der Waals surface area contributed by atoms with Crippen LogP contribution in [-0.2, 0) is 12.6 Å². The second-order valence-corrected chi connectivity index (χ2v) is 7.46. The van der Waals surface area contributed by atoms with E-state index >= 15 is 0 Å². The average molecular weight is 443 g/mol. The fraction of sp³-hybridized carbons (Fsp3) is 0.778. The highest BCUT2D eigenvalue weighted by Gasteiger charge is 2.57. The summed E-state index contributed by atoms with van der Waals surface area (Å²) in [6.07, 6.45) is -6.89. The fourth-order valence-corrected chi connectivity index (χ4v) is 3.55. The Balaban J connectivity index is 2.03. The van der Waals surface area contributed by atoms with Crippen molar-refractivity contribution in [3.8, 4) is 0 Å². The van der Waals surface area contributed by atoms with Crippen LogP contribution in [0.5, 0.6) is 0 Å². The van der Waals surface area contributed by atoms with Gasteiger partial charge in [-0.05, 0) is 32.6 Å². The van der Waals surface area contributed by atoms with Crippen LogP contribution in [0.25, 0.3) is 0 Å². The summed E-state index contributed by atoms with van der Waals surface area (Å²) < 4.78 is 80.1. The largest absolute Gasteiger partial charge is 0.424 e. The van der Waals surface area contributed by atoms with Crippen molar-refractivity contribution in [2.24, 2.45) is 18.0 Å². The van der Waals surface area contributed by atoms with Gasteiger partial charge >= 0.3 is 12.4 Å². The summed E-state index contributed by atoms with van der Waals surface area (Å²) in [5.74, 6) is -1.65. The Hall–Kier alpha value is -1.98. The zero-order valence-electron chi connectivity index (χ0n) is 16.8. The van der Waals surface area contributed by atoms with Crippen molar-refractivity contribution in [1.29, 1.82) is 0 Å². The third kappa shape index (κ3) is 5.79. The van der Waals surface area contributed by atoms with E-state index in [1.54, 1.807) is 6.92 Å². The molecule has 0 aliphatic heterocycles. The Kier molecular flexibility index (Phi) is 7.64. The van der Waals surface area contributed by atoms with Gasteiger partial charge < -0.3 is 20.3 Å². The van der Waals surface area contributed by atoms with E-state index in [-0.39, 0.29) is 44.2 Å². The van der Waals surface area contributed by atoms with Gasteiger partial charge in [0, 0.05) is 45.0 Å². The first-order chi connectivity index (χ1) is 13.9. The Labute approximate surface area is 170 Å². The third-order valence-electron chi connectivity index (χ3n) is 5.28. The molecule has 2 rings (SSSR count). The second-order valence-electron chi connectivity index (χ2n) is 7.46. The van der Waals surface area contributed by atoms with Gasteiger partial charge in [0.1, 0.15) is 5.82 Å². The van der Waals surface area contributed by atoms with Crippen LogP contribution >= 0.6 is 0 Å². The summed E-state index contributed by atoms with van der Waals surface area (Å²) >= 11 is 0. The van der Waals surface area contributed by atoms with Gasteiger partial charge in [0.15, 0.2) is 5.96 Å². The number of hydrogen-bond acceptors (Lipinski definition) is 3. The van der Waals surface area contributed by atoms with Crippen LogP contribution in [0.4, 0.5) is 26.3 Å². The van der Waals surface area contributed by atoms with Crippen LogP contribution in [0.15, 0.2) is 17.4 Å². The molecule has 0 bridgehead atoms. The van der Waals surface area contributed by atoms with Gasteiger partial charge in [-0.3, -0.25) is 4.99 Å². The number of aliphatic imine (C=N–C) groups is 1. The number of alkyl halides is 6. The minimum Gasteiger partial charge on any atom is -0.374 e. The molecule has 172 valence electrons. The molecule has 12 heteroatoms. The summed E-state index contributed by atoms with van der Waals surface area (Å²) in [4.78, 5) is 7.72. The molecule has 1 aliphatic rings. The van der Waals surface area contributed by atoms with Crippen LogP contribution in [-0.4, -0.2) is 52.1 Å². The van der Waals surface area contributed by atoms with Crippen LogP contribution in [0.1, 0.15) is 44.9 Å². The van der Waals surface area contributed by atoms with Crippen LogP contribution in [0.3, 0.4) is 0 Å². The molecule has 0 radical (unpaired) electrons. The molecular weight excluding hydrogens is 416 g/mol. The van der Waals surface area contributed by atoms with Gasteiger partial charge in [-0.25, -0.2) is 4.98 Å². The summed E-state index contributed by atoms with van der Waals surface area (Å²) in [5.41, 5.74) is -3.17. The van der Waals surface area contributed by atoms with Crippen LogP contribution in [0.2, 0.25) is 0 Å². The zero-order valence-corrected chi connectivity index (χ0v) is 16.8. The Morgan fingerprint density at radius 2 is 1.83 bits per heavy atom. The smallest absolute Gasteiger partial charge is 0.374 e. The molecule has 1 heterocycles. The molecule has 1 aromatic heterocycles. The molecular formula is C18H27F6N5O. The number of hydrogen-bond donors (Lipinski definition) is 3. The van der Waals surface area contributed by atoms with E-state index in [9.17, 15) is 31.4 Å². The predicted octanol–water partition coefficient (Wildman–Crippen LogP) is 3.24. The van der Waals surface area contributed by atoms with Gasteiger partial charge in [0.05, 0.1) is 5.92 Å². The summed E-state index contributed by atoms with van der Waals surface area (Å²) in [5, 5.41) is 16.2. The summed E-state index contributed by atoms with van der Waals surface area (Å²) in [6, 6.07) is -0.252. The molecule has 6 nitrogen and oxygen atoms in total. The molecule has 1 unspecified atom stereocenters. The molecule has 1 fully saturated rings. The first-order valence-corrected chi connectivity index (χ1v) is 9.77. The minimum atomic E-state index is -4.95. The molecule has 3 N–H and O–H groups in total. The molecule has 0 saturated heterocycles. The van der Waals surface area contributed by atoms with E-state index in [0.717, 1.165) is 10.8 Å². The number of guanidine groups is 1. The van der Waals surface area contributed by atoms with Gasteiger partial charge in [0.2, 0.25) is 5.60 Å². The quantitative estimate of drug-likeness (QED) is 0.359. The van der Waals surface area contributed by atoms with Gasteiger partial charge in [-0.1, -0.05) is 0 Å². The lowest BCUT2D eigenvalue weighted by Crippen LogP contribution is -2.47. The van der Waals surface area contributed by atoms with Gasteiger partial charge in [-0.15, -0.1) is 0 Å². The average Bonchev–Trinajstić information content (AvgIpc) is 3.07. The maximum Gasteiger partial charge on any atom is 0.424 e.